The zero-order valence-electron chi connectivity index (χ0n) is 15.1. The van der Waals surface area contributed by atoms with E-state index in [4.69, 9.17) is 0 Å². The zero-order valence-corrected chi connectivity index (χ0v) is 16.0. The van der Waals surface area contributed by atoms with Gasteiger partial charge in [0.2, 0.25) is 0 Å². The molecule has 3 aromatic carbocycles. The molecule has 0 saturated carbocycles. The molecule has 0 saturated heterocycles. The van der Waals surface area contributed by atoms with Gasteiger partial charge >= 0.3 is 0 Å². The molecule has 1 aliphatic heterocycles. The van der Waals surface area contributed by atoms with Crippen LogP contribution in [0.15, 0.2) is 103 Å². The summed E-state index contributed by atoms with van der Waals surface area (Å²) in [5, 5.41) is 2.85. The van der Waals surface area contributed by atoms with Crippen LogP contribution in [0.25, 0.3) is 0 Å². The minimum absolute atomic E-state index is 0.448. The van der Waals surface area contributed by atoms with Crippen molar-refractivity contribution in [2.75, 3.05) is 6.54 Å². The van der Waals surface area contributed by atoms with Gasteiger partial charge in [-0.2, -0.15) is 0 Å². The normalized spacial score (nSPS) is 17.5. The zero-order chi connectivity index (χ0) is 17.8. The minimum Gasteiger partial charge on any atom is -0.264 e. The van der Waals surface area contributed by atoms with Crippen LogP contribution in [0.2, 0.25) is 0 Å². The molecule has 26 heavy (non-hydrogen) atoms. The van der Waals surface area contributed by atoms with Gasteiger partial charge in [0.05, 0.1) is 0 Å². The number of hydrogen-bond donors (Lipinski definition) is 0. The molecule has 3 aromatic rings. The van der Waals surface area contributed by atoms with Gasteiger partial charge in [-0.25, -0.2) is 0 Å². The molecule has 0 spiro atoms. The van der Waals surface area contributed by atoms with Gasteiger partial charge in [0.25, 0.3) is 0 Å². The van der Waals surface area contributed by atoms with Gasteiger partial charge < -0.3 is 0 Å². The topological polar surface area (TPSA) is 3.24 Å². The highest BCUT2D eigenvalue weighted by atomic mass is 31.1. The van der Waals surface area contributed by atoms with Gasteiger partial charge in [-0.3, -0.25) is 4.67 Å². The summed E-state index contributed by atoms with van der Waals surface area (Å²) in [4.78, 5) is 0. The Morgan fingerprint density at radius 3 is 1.81 bits per heavy atom. The van der Waals surface area contributed by atoms with Gasteiger partial charge in [0, 0.05) is 20.7 Å². The maximum atomic E-state index is 2.71. The van der Waals surface area contributed by atoms with Crippen molar-refractivity contribution in [1.29, 1.82) is 0 Å². The van der Waals surface area contributed by atoms with Gasteiger partial charge in [-0.15, -0.1) is 0 Å². The first-order valence-electron chi connectivity index (χ1n) is 9.19. The van der Waals surface area contributed by atoms with E-state index in [1.54, 1.807) is 0 Å². The van der Waals surface area contributed by atoms with Crippen molar-refractivity contribution in [3.63, 3.8) is 0 Å². The van der Waals surface area contributed by atoms with E-state index in [2.05, 4.69) is 109 Å². The standard InChI is InChI=1S/C24H24NP/c1-20-17-22(18-21-11-5-2-6-12-21)25(19-20)26(23-13-7-3-8-14-23)24-15-9-4-10-16-24/h2-17,22H,18-19H2,1H3/t22-/m1/s1. The Morgan fingerprint density at radius 1 is 0.769 bits per heavy atom. The molecule has 0 N–H and O–H groups in total. The number of benzene rings is 3. The molecule has 1 nitrogen and oxygen atoms in total. The van der Waals surface area contributed by atoms with Crippen LogP contribution in [0.4, 0.5) is 0 Å². The summed E-state index contributed by atoms with van der Waals surface area (Å²) in [5.41, 5.74) is 2.88. The molecule has 0 fully saturated rings. The van der Waals surface area contributed by atoms with Gasteiger partial charge in [-0.05, 0) is 29.5 Å². The third kappa shape index (κ3) is 3.80. The Hall–Kier alpha value is -2.21. The maximum absolute atomic E-state index is 2.71. The van der Waals surface area contributed by atoms with Crippen LogP contribution in [0.3, 0.4) is 0 Å². The molecule has 4 rings (SSSR count). The first kappa shape index (κ1) is 17.2. The van der Waals surface area contributed by atoms with E-state index in [1.165, 1.54) is 21.7 Å². The van der Waals surface area contributed by atoms with E-state index in [-0.39, 0.29) is 0 Å². The minimum atomic E-state index is -0.533. The van der Waals surface area contributed by atoms with Gasteiger partial charge in [0.15, 0.2) is 0 Å². The van der Waals surface area contributed by atoms with Crippen LogP contribution in [0.1, 0.15) is 12.5 Å². The fourth-order valence-corrected chi connectivity index (χ4v) is 6.27. The second-order valence-electron chi connectivity index (χ2n) is 6.85. The molecule has 130 valence electrons. The Kier molecular flexibility index (Phi) is 5.29. The lowest BCUT2D eigenvalue weighted by Gasteiger charge is -2.34. The summed E-state index contributed by atoms with van der Waals surface area (Å²) in [6.45, 7) is 3.31. The second-order valence-corrected chi connectivity index (χ2v) is 9.02. The van der Waals surface area contributed by atoms with E-state index in [0.717, 1.165) is 13.0 Å². The summed E-state index contributed by atoms with van der Waals surface area (Å²) in [6, 6.07) is 33.3. The number of rotatable bonds is 5. The van der Waals surface area contributed by atoms with E-state index in [9.17, 15) is 0 Å². The van der Waals surface area contributed by atoms with Crippen LogP contribution in [-0.4, -0.2) is 17.3 Å². The average molecular weight is 357 g/mol. The largest absolute Gasteiger partial charge is 0.264 e. The number of nitrogens with zero attached hydrogens (tertiary/aromatic N) is 1. The Balaban J connectivity index is 1.70. The lowest BCUT2D eigenvalue weighted by Crippen LogP contribution is -2.34. The van der Waals surface area contributed by atoms with E-state index < -0.39 is 8.07 Å². The highest BCUT2D eigenvalue weighted by Gasteiger charge is 2.31. The molecule has 2 heteroatoms. The second kappa shape index (κ2) is 7.99. The highest BCUT2D eigenvalue weighted by molar-refractivity contribution is 7.70. The van der Waals surface area contributed by atoms with Crippen molar-refractivity contribution in [2.45, 2.75) is 19.4 Å². The summed E-state index contributed by atoms with van der Waals surface area (Å²) >= 11 is 0. The van der Waals surface area contributed by atoms with Gasteiger partial charge in [-0.1, -0.05) is 103 Å². The molecule has 0 unspecified atom stereocenters. The predicted molar refractivity (Wildman–Crippen MR) is 113 cm³/mol. The predicted octanol–water partition coefficient (Wildman–Crippen LogP) is 4.91. The maximum Gasteiger partial charge on any atom is 0.0367 e. The first-order chi connectivity index (χ1) is 12.8. The summed E-state index contributed by atoms with van der Waals surface area (Å²) in [5.74, 6) is 0. The molecule has 1 heterocycles. The van der Waals surface area contributed by atoms with E-state index >= 15 is 0 Å². The summed E-state index contributed by atoms with van der Waals surface area (Å²) in [7, 11) is -0.533. The van der Waals surface area contributed by atoms with Crippen LogP contribution < -0.4 is 10.6 Å². The molecule has 0 bridgehead atoms. The molecule has 1 atom stereocenters. The Bertz CT molecular complexity index is 819. The quantitative estimate of drug-likeness (QED) is 0.463. The van der Waals surface area contributed by atoms with Crippen molar-refractivity contribution in [3.8, 4) is 0 Å². The monoisotopic (exact) mass is 357 g/mol. The fraction of sp³-hybridized carbons (Fsp3) is 0.167. The van der Waals surface area contributed by atoms with E-state index in [0.29, 0.717) is 6.04 Å². The van der Waals surface area contributed by atoms with Crippen molar-refractivity contribution >= 4 is 18.7 Å². The molecule has 0 amide bonds. The summed E-state index contributed by atoms with van der Waals surface area (Å²) in [6.07, 6.45) is 3.53. The van der Waals surface area contributed by atoms with Crippen LogP contribution in [-0.2, 0) is 6.42 Å². The smallest absolute Gasteiger partial charge is 0.0367 e. The number of hydrogen-bond acceptors (Lipinski definition) is 1. The van der Waals surface area contributed by atoms with Crippen molar-refractivity contribution in [2.24, 2.45) is 0 Å². The molecule has 0 aromatic heterocycles. The third-order valence-electron chi connectivity index (χ3n) is 4.82. The van der Waals surface area contributed by atoms with Crippen LogP contribution in [0, 0.1) is 0 Å². The molecular weight excluding hydrogens is 333 g/mol. The highest BCUT2D eigenvalue weighted by Crippen LogP contribution is 2.44. The third-order valence-corrected chi connectivity index (χ3v) is 7.34. The molecule has 0 radical (unpaired) electrons. The average Bonchev–Trinajstić information content (AvgIpc) is 3.04. The van der Waals surface area contributed by atoms with Crippen LogP contribution in [0.5, 0.6) is 0 Å². The Labute approximate surface area is 157 Å². The first-order valence-corrected chi connectivity index (χ1v) is 10.5. The lowest BCUT2D eigenvalue weighted by atomic mass is 10.1. The van der Waals surface area contributed by atoms with E-state index in [1.807, 2.05) is 0 Å². The lowest BCUT2D eigenvalue weighted by molar-refractivity contribution is 0.453. The molecular formula is C24H24NP. The SMILES string of the molecule is CC1=C[C@H](Cc2ccccc2)N(P(c2ccccc2)c2ccccc2)C1. The fourth-order valence-electron chi connectivity index (χ4n) is 3.66. The van der Waals surface area contributed by atoms with Crippen molar-refractivity contribution < 1.29 is 0 Å². The van der Waals surface area contributed by atoms with Gasteiger partial charge in [0.1, 0.15) is 0 Å². The van der Waals surface area contributed by atoms with Crippen molar-refractivity contribution in [3.05, 3.63) is 108 Å². The molecule has 1 aliphatic rings. The summed E-state index contributed by atoms with van der Waals surface area (Å²) < 4.78 is 2.71. The Morgan fingerprint density at radius 2 is 1.27 bits per heavy atom. The van der Waals surface area contributed by atoms with Crippen LogP contribution >= 0.6 is 8.07 Å². The van der Waals surface area contributed by atoms with Crippen molar-refractivity contribution in [1.82, 2.24) is 4.67 Å². The molecule has 0 aliphatic carbocycles.